The molecule has 1 amide bonds. The highest BCUT2D eigenvalue weighted by Gasteiger charge is 2.49. The summed E-state index contributed by atoms with van der Waals surface area (Å²) in [5, 5.41) is 11.3. The Kier molecular flexibility index (Phi) is 8.21. The first kappa shape index (κ1) is 27.0. The van der Waals surface area contributed by atoms with Crippen molar-refractivity contribution in [2.75, 3.05) is 18.1 Å². The van der Waals surface area contributed by atoms with E-state index in [1.165, 1.54) is 18.2 Å². The molecule has 0 aliphatic carbocycles. The van der Waals surface area contributed by atoms with Crippen molar-refractivity contribution in [3.8, 4) is 5.75 Å². The third-order valence-corrected chi connectivity index (χ3v) is 7.13. The molecule has 2 heterocycles. The summed E-state index contributed by atoms with van der Waals surface area (Å²) in [5.74, 6) is -3.15. The Labute approximate surface area is 223 Å². The molecule has 1 aliphatic rings. The Morgan fingerprint density at radius 2 is 1.84 bits per heavy atom. The van der Waals surface area contributed by atoms with E-state index in [1.807, 2.05) is 0 Å². The van der Waals surface area contributed by atoms with Crippen molar-refractivity contribution in [3.63, 3.8) is 0 Å². The summed E-state index contributed by atoms with van der Waals surface area (Å²) in [6.45, 7) is 5.98. The van der Waals surface area contributed by atoms with Crippen molar-refractivity contribution in [1.82, 2.24) is 4.98 Å². The number of carbonyl (C=O) groups excluding carboxylic acids is 3. The predicted octanol–water partition coefficient (Wildman–Crippen LogP) is 5.57. The molecule has 3 aromatic rings. The first-order chi connectivity index (χ1) is 18.3. The number of unbranched alkanes of at least 4 members (excludes halogenated alkanes) is 1. The molecule has 1 N–H and O–H groups in total. The maximum absolute atomic E-state index is 15.1. The summed E-state index contributed by atoms with van der Waals surface area (Å²) in [5.41, 5.74) is 0.273. The van der Waals surface area contributed by atoms with Gasteiger partial charge in [0.2, 0.25) is 0 Å². The Morgan fingerprint density at radius 3 is 2.50 bits per heavy atom. The number of ketones is 1. The zero-order valence-corrected chi connectivity index (χ0v) is 22.0. The van der Waals surface area contributed by atoms with Gasteiger partial charge in [0.15, 0.2) is 5.13 Å². The summed E-state index contributed by atoms with van der Waals surface area (Å²) in [4.78, 5) is 44.5. The van der Waals surface area contributed by atoms with E-state index in [0.717, 1.165) is 29.1 Å². The number of thiazole rings is 1. The van der Waals surface area contributed by atoms with Crippen molar-refractivity contribution >= 4 is 39.9 Å². The number of halogens is 1. The van der Waals surface area contributed by atoms with E-state index in [0.29, 0.717) is 18.1 Å². The van der Waals surface area contributed by atoms with Crippen molar-refractivity contribution in [1.29, 1.82) is 0 Å². The average molecular weight is 539 g/mol. The van der Waals surface area contributed by atoms with Crippen molar-refractivity contribution in [2.45, 2.75) is 39.7 Å². The van der Waals surface area contributed by atoms with Gasteiger partial charge in [0, 0.05) is 11.1 Å². The minimum absolute atomic E-state index is 0.00157. The fourth-order valence-electron chi connectivity index (χ4n) is 4.09. The van der Waals surface area contributed by atoms with Crippen LogP contribution in [0.2, 0.25) is 0 Å². The molecule has 10 heteroatoms. The third-order valence-electron chi connectivity index (χ3n) is 5.99. The number of nitrogens with zero attached hydrogens (tertiary/aromatic N) is 2. The number of rotatable bonds is 9. The second kappa shape index (κ2) is 11.6. The lowest BCUT2D eigenvalue weighted by atomic mass is 9.95. The number of aryl methyl sites for hydroxylation is 1. The number of hydrogen-bond acceptors (Lipinski definition) is 8. The third kappa shape index (κ3) is 5.17. The van der Waals surface area contributed by atoms with Crippen LogP contribution < -0.4 is 9.64 Å². The first-order valence-electron chi connectivity index (χ1n) is 12.2. The van der Waals surface area contributed by atoms with Crippen molar-refractivity contribution in [3.05, 3.63) is 81.6 Å². The van der Waals surface area contributed by atoms with Crippen molar-refractivity contribution in [2.24, 2.45) is 0 Å². The number of esters is 1. The zero-order valence-electron chi connectivity index (χ0n) is 21.2. The van der Waals surface area contributed by atoms with Crippen LogP contribution in [0.25, 0.3) is 5.76 Å². The smallest absolute Gasteiger partial charge is 0.350 e. The Hall–Kier alpha value is -4.05. The fourth-order valence-corrected chi connectivity index (χ4v) is 5.08. The van der Waals surface area contributed by atoms with Gasteiger partial charge in [0.1, 0.15) is 28.2 Å². The molecule has 1 saturated heterocycles. The Bertz CT molecular complexity index is 1400. The summed E-state index contributed by atoms with van der Waals surface area (Å²) in [7, 11) is 0. The van der Waals surface area contributed by atoms with Crippen molar-refractivity contribution < 1.29 is 33.4 Å². The van der Waals surface area contributed by atoms with Gasteiger partial charge in [0.25, 0.3) is 5.78 Å². The minimum atomic E-state index is -1.31. The molecule has 1 unspecified atom stereocenters. The van der Waals surface area contributed by atoms with Gasteiger partial charge in [-0.2, -0.15) is 0 Å². The van der Waals surface area contributed by atoms with E-state index in [9.17, 15) is 19.5 Å². The van der Waals surface area contributed by atoms with Crippen LogP contribution in [0, 0.1) is 12.7 Å². The molecule has 8 nitrogen and oxygen atoms in total. The highest BCUT2D eigenvalue weighted by Crippen LogP contribution is 2.44. The molecule has 1 fully saturated rings. The predicted molar refractivity (Wildman–Crippen MR) is 141 cm³/mol. The van der Waals surface area contributed by atoms with Crippen LogP contribution in [0.3, 0.4) is 0 Å². The van der Waals surface area contributed by atoms with Gasteiger partial charge in [-0.3, -0.25) is 14.5 Å². The van der Waals surface area contributed by atoms with Gasteiger partial charge in [0.05, 0.1) is 24.5 Å². The Balaban J connectivity index is 1.82. The van der Waals surface area contributed by atoms with Crippen LogP contribution >= 0.6 is 11.3 Å². The zero-order chi connectivity index (χ0) is 27.4. The lowest BCUT2D eigenvalue weighted by molar-refractivity contribution is -0.132. The molecule has 1 aliphatic heterocycles. The normalized spacial score (nSPS) is 16.6. The standard InChI is InChI=1S/C28H27FN2O6S/c1-4-6-15-37-18-13-11-17(12-14-18)23(32)21-22(19-9-7-8-10-20(19)29)31(26(34)24(21)33)28-30-16(3)25(38-28)27(35)36-5-2/h7-14,22,32H,4-6,15H2,1-3H3/b23-21-. The number of Topliss-reactive ketones (excluding diaryl/α,β-unsaturated/α-hetero) is 1. The molecule has 1 aromatic heterocycles. The highest BCUT2D eigenvalue weighted by atomic mass is 32.1. The van der Waals surface area contributed by atoms with E-state index in [2.05, 4.69) is 11.9 Å². The van der Waals surface area contributed by atoms with Crippen LogP contribution in [-0.4, -0.2) is 41.0 Å². The van der Waals surface area contributed by atoms with Gasteiger partial charge >= 0.3 is 11.9 Å². The highest BCUT2D eigenvalue weighted by molar-refractivity contribution is 7.17. The van der Waals surface area contributed by atoms with Gasteiger partial charge in [-0.25, -0.2) is 14.2 Å². The van der Waals surface area contributed by atoms with Gasteiger partial charge in [-0.05, 0) is 50.6 Å². The number of aromatic nitrogens is 1. The molecule has 4 rings (SSSR count). The molecular weight excluding hydrogens is 511 g/mol. The molecule has 198 valence electrons. The van der Waals surface area contributed by atoms with Crippen LogP contribution in [0.4, 0.5) is 9.52 Å². The topological polar surface area (TPSA) is 106 Å². The summed E-state index contributed by atoms with van der Waals surface area (Å²) >= 11 is 0.860. The summed E-state index contributed by atoms with van der Waals surface area (Å²) in [6, 6.07) is 10.8. The number of benzene rings is 2. The van der Waals surface area contributed by atoms with E-state index in [4.69, 9.17) is 9.47 Å². The number of carbonyl (C=O) groups is 3. The van der Waals surface area contributed by atoms with E-state index in [1.54, 1.807) is 44.2 Å². The molecule has 2 aromatic carbocycles. The molecule has 0 radical (unpaired) electrons. The van der Waals surface area contributed by atoms with Gasteiger partial charge in [-0.1, -0.05) is 42.9 Å². The van der Waals surface area contributed by atoms with Gasteiger partial charge < -0.3 is 14.6 Å². The number of hydrogen-bond donors (Lipinski definition) is 1. The number of amides is 1. The summed E-state index contributed by atoms with van der Waals surface area (Å²) < 4.78 is 25.8. The van der Waals surface area contributed by atoms with E-state index < -0.39 is 35.3 Å². The van der Waals surface area contributed by atoms with Crippen LogP contribution in [-0.2, 0) is 14.3 Å². The number of aliphatic hydroxyl groups excluding tert-OH is 1. The minimum Gasteiger partial charge on any atom is -0.507 e. The maximum atomic E-state index is 15.1. The molecule has 0 bridgehead atoms. The fraction of sp³-hybridized carbons (Fsp3) is 0.286. The maximum Gasteiger partial charge on any atom is 0.350 e. The Morgan fingerprint density at radius 1 is 1.13 bits per heavy atom. The largest absolute Gasteiger partial charge is 0.507 e. The first-order valence-corrected chi connectivity index (χ1v) is 13.0. The molecular formula is C28H27FN2O6S. The molecule has 0 spiro atoms. The lowest BCUT2D eigenvalue weighted by Crippen LogP contribution is -2.29. The average Bonchev–Trinajstić information content (AvgIpc) is 3.41. The second-order valence-electron chi connectivity index (χ2n) is 8.55. The second-order valence-corrected chi connectivity index (χ2v) is 9.53. The van der Waals surface area contributed by atoms with E-state index >= 15 is 4.39 Å². The molecule has 0 saturated carbocycles. The number of ether oxygens (including phenoxy) is 2. The van der Waals surface area contributed by atoms with Crippen LogP contribution in [0.15, 0.2) is 54.1 Å². The molecule has 38 heavy (non-hydrogen) atoms. The van der Waals surface area contributed by atoms with Gasteiger partial charge in [-0.15, -0.1) is 0 Å². The van der Waals surface area contributed by atoms with E-state index in [-0.39, 0.29) is 33.3 Å². The number of anilines is 1. The molecule has 1 atom stereocenters. The lowest BCUT2D eigenvalue weighted by Gasteiger charge is -2.23. The quantitative estimate of drug-likeness (QED) is 0.125. The number of aliphatic hydroxyl groups is 1. The summed E-state index contributed by atoms with van der Waals surface area (Å²) in [6.07, 6.45) is 1.87. The SMILES string of the molecule is CCCCOc1ccc(/C(O)=C2/C(=O)C(=O)N(c3nc(C)c(C(=O)OCC)s3)C2c2ccccc2F)cc1. The van der Waals surface area contributed by atoms with Crippen LogP contribution in [0.5, 0.6) is 5.75 Å². The monoisotopic (exact) mass is 538 g/mol. The van der Waals surface area contributed by atoms with Crippen LogP contribution in [0.1, 0.15) is 59.2 Å².